The Bertz CT molecular complexity index is 465. The van der Waals surface area contributed by atoms with Crippen molar-refractivity contribution in [3.8, 4) is 5.75 Å². The summed E-state index contributed by atoms with van der Waals surface area (Å²) >= 11 is 0. The highest BCUT2D eigenvalue weighted by Crippen LogP contribution is 2.22. The lowest BCUT2D eigenvalue weighted by Gasteiger charge is -2.29. The second kappa shape index (κ2) is 7.42. The zero-order valence-corrected chi connectivity index (χ0v) is 13.3. The van der Waals surface area contributed by atoms with Gasteiger partial charge in [-0.2, -0.15) is 0 Å². The van der Waals surface area contributed by atoms with Crippen LogP contribution < -0.4 is 4.74 Å². The molecular formula is C17H26N2O3. The number of hydrogen-bond acceptors (Lipinski definition) is 5. The number of likely N-dealkylation sites (N-methyl/N-ethyl adjacent to an activating group) is 1. The van der Waals surface area contributed by atoms with Gasteiger partial charge in [-0.3, -0.25) is 4.90 Å². The molecule has 1 aromatic rings. The van der Waals surface area contributed by atoms with E-state index in [4.69, 9.17) is 14.6 Å². The molecule has 1 N–H and O–H groups in total. The van der Waals surface area contributed by atoms with Crippen LogP contribution in [0.1, 0.15) is 5.56 Å². The lowest BCUT2D eigenvalue weighted by molar-refractivity contribution is 0.0562. The van der Waals surface area contributed by atoms with Gasteiger partial charge in [0.25, 0.3) is 0 Å². The lowest BCUT2D eigenvalue weighted by Crippen LogP contribution is -2.42. The van der Waals surface area contributed by atoms with Crippen molar-refractivity contribution >= 4 is 0 Å². The van der Waals surface area contributed by atoms with Crippen LogP contribution in [-0.2, 0) is 11.3 Å². The Hall–Kier alpha value is -1.14. The summed E-state index contributed by atoms with van der Waals surface area (Å²) in [5.41, 5.74) is 1.30. The van der Waals surface area contributed by atoms with Gasteiger partial charge in [0.15, 0.2) is 0 Å². The fraction of sp³-hybridized carbons (Fsp3) is 0.647. The van der Waals surface area contributed by atoms with Crippen LogP contribution in [-0.4, -0.2) is 74.1 Å². The molecule has 2 aliphatic rings. The van der Waals surface area contributed by atoms with Gasteiger partial charge in [0, 0.05) is 38.1 Å². The number of benzene rings is 1. The summed E-state index contributed by atoms with van der Waals surface area (Å²) in [4.78, 5) is 4.99. The third kappa shape index (κ3) is 3.98. The number of ether oxygens (including phenoxy) is 2. The molecule has 2 aliphatic heterocycles. The van der Waals surface area contributed by atoms with Gasteiger partial charge >= 0.3 is 0 Å². The first kappa shape index (κ1) is 15.7. The minimum Gasteiger partial charge on any atom is -0.491 e. The quantitative estimate of drug-likeness (QED) is 0.873. The number of aliphatic hydroxyl groups is 1. The first-order valence-electron chi connectivity index (χ1n) is 8.07. The van der Waals surface area contributed by atoms with E-state index in [1.165, 1.54) is 5.56 Å². The van der Waals surface area contributed by atoms with E-state index >= 15 is 0 Å². The van der Waals surface area contributed by atoms with E-state index in [-0.39, 0.29) is 6.61 Å². The summed E-state index contributed by atoms with van der Waals surface area (Å²) < 4.78 is 11.2. The lowest BCUT2D eigenvalue weighted by atomic mass is 10.1. The third-order valence-electron chi connectivity index (χ3n) is 4.43. The van der Waals surface area contributed by atoms with Crippen molar-refractivity contribution in [2.75, 3.05) is 53.1 Å². The van der Waals surface area contributed by atoms with Gasteiger partial charge in [-0.15, -0.1) is 0 Å². The molecule has 2 bridgehead atoms. The monoisotopic (exact) mass is 306 g/mol. The standard InChI is InChI=1S/C17H26N2O3/c1-18-8-15-10-19(16(11-18)13-21-12-15)9-14-2-4-17(5-3-14)22-7-6-20/h2-5,15-16,20H,6-13H2,1H3/t15-,16-/m0/s1. The van der Waals surface area contributed by atoms with Gasteiger partial charge < -0.3 is 19.5 Å². The van der Waals surface area contributed by atoms with Gasteiger partial charge in [-0.05, 0) is 24.7 Å². The van der Waals surface area contributed by atoms with E-state index in [9.17, 15) is 0 Å². The summed E-state index contributed by atoms with van der Waals surface area (Å²) in [7, 11) is 2.21. The van der Waals surface area contributed by atoms with Crippen LogP contribution in [0.5, 0.6) is 5.75 Å². The number of rotatable bonds is 5. The third-order valence-corrected chi connectivity index (χ3v) is 4.43. The predicted molar refractivity (Wildman–Crippen MR) is 85.0 cm³/mol. The SMILES string of the molecule is CN1C[C@@H]2COC[C@H](C1)N(Cc1ccc(OCCO)cc1)C2. The molecule has 1 aromatic carbocycles. The summed E-state index contributed by atoms with van der Waals surface area (Å²) in [6, 6.07) is 8.68. The molecular weight excluding hydrogens is 280 g/mol. The van der Waals surface area contributed by atoms with Crippen LogP contribution in [0.25, 0.3) is 0 Å². The van der Waals surface area contributed by atoms with E-state index < -0.39 is 0 Å². The van der Waals surface area contributed by atoms with Crippen molar-refractivity contribution in [3.05, 3.63) is 29.8 Å². The Morgan fingerprint density at radius 3 is 2.77 bits per heavy atom. The van der Waals surface area contributed by atoms with E-state index in [0.29, 0.717) is 18.6 Å². The van der Waals surface area contributed by atoms with Gasteiger partial charge in [0.2, 0.25) is 0 Å². The van der Waals surface area contributed by atoms with Gasteiger partial charge in [-0.25, -0.2) is 0 Å². The maximum atomic E-state index is 8.79. The number of fused-ring (bicyclic) bond motifs is 3. The highest BCUT2D eigenvalue weighted by molar-refractivity contribution is 5.27. The summed E-state index contributed by atoms with van der Waals surface area (Å²) in [5, 5.41) is 8.79. The molecule has 3 rings (SSSR count). The molecule has 0 spiro atoms. The molecule has 0 unspecified atom stereocenters. The van der Waals surface area contributed by atoms with Crippen LogP contribution in [0.3, 0.4) is 0 Å². The minimum absolute atomic E-state index is 0.0477. The largest absolute Gasteiger partial charge is 0.491 e. The van der Waals surface area contributed by atoms with E-state index in [2.05, 4.69) is 29.0 Å². The normalized spacial score (nSPS) is 26.6. The molecule has 2 saturated heterocycles. The van der Waals surface area contributed by atoms with Crippen LogP contribution in [0.2, 0.25) is 0 Å². The summed E-state index contributed by atoms with van der Waals surface area (Å²) in [5.74, 6) is 1.42. The highest BCUT2D eigenvalue weighted by atomic mass is 16.5. The average molecular weight is 306 g/mol. The van der Waals surface area contributed by atoms with E-state index in [0.717, 1.165) is 45.1 Å². The molecule has 122 valence electrons. The molecule has 2 heterocycles. The maximum Gasteiger partial charge on any atom is 0.119 e. The second-order valence-electron chi connectivity index (χ2n) is 6.42. The molecule has 2 atom stereocenters. The second-order valence-corrected chi connectivity index (χ2v) is 6.42. The zero-order valence-electron chi connectivity index (χ0n) is 13.3. The molecule has 0 radical (unpaired) electrons. The first-order chi connectivity index (χ1) is 10.7. The van der Waals surface area contributed by atoms with Gasteiger partial charge in [-0.1, -0.05) is 12.1 Å². The fourth-order valence-electron chi connectivity index (χ4n) is 3.45. The highest BCUT2D eigenvalue weighted by Gasteiger charge is 2.31. The van der Waals surface area contributed by atoms with Crippen LogP contribution in [0, 0.1) is 5.92 Å². The molecule has 0 aliphatic carbocycles. The van der Waals surface area contributed by atoms with Gasteiger partial charge in [0.1, 0.15) is 12.4 Å². The topological polar surface area (TPSA) is 45.2 Å². The number of nitrogens with zero attached hydrogens (tertiary/aromatic N) is 2. The number of hydrogen-bond donors (Lipinski definition) is 1. The van der Waals surface area contributed by atoms with Crippen molar-refractivity contribution in [2.24, 2.45) is 5.92 Å². The number of aliphatic hydroxyl groups excluding tert-OH is 1. The molecule has 22 heavy (non-hydrogen) atoms. The molecule has 5 heteroatoms. The summed E-state index contributed by atoms with van der Waals surface area (Å²) in [6.07, 6.45) is 0. The first-order valence-corrected chi connectivity index (χ1v) is 8.07. The molecule has 0 aromatic heterocycles. The Labute approximate surface area is 132 Å². The van der Waals surface area contributed by atoms with Crippen molar-refractivity contribution < 1.29 is 14.6 Å². The molecule has 5 nitrogen and oxygen atoms in total. The molecule has 0 amide bonds. The minimum atomic E-state index is 0.0477. The Kier molecular flexibility index (Phi) is 5.31. The molecule has 0 saturated carbocycles. The van der Waals surface area contributed by atoms with E-state index in [1.807, 2.05) is 12.1 Å². The average Bonchev–Trinajstić information content (AvgIpc) is 2.76. The predicted octanol–water partition coefficient (Wildman–Crippen LogP) is 0.820. The van der Waals surface area contributed by atoms with Crippen LogP contribution in [0.4, 0.5) is 0 Å². The van der Waals surface area contributed by atoms with Crippen molar-refractivity contribution in [1.82, 2.24) is 9.80 Å². The van der Waals surface area contributed by atoms with Crippen molar-refractivity contribution in [2.45, 2.75) is 12.6 Å². The summed E-state index contributed by atoms with van der Waals surface area (Å²) in [6.45, 7) is 6.38. The fourth-order valence-corrected chi connectivity index (χ4v) is 3.45. The molecule has 2 fully saturated rings. The van der Waals surface area contributed by atoms with E-state index in [1.54, 1.807) is 0 Å². The Balaban J connectivity index is 1.64. The zero-order chi connectivity index (χ0) is 15.4. The Morgan fingerprint density at radius 2 is 2.00 bits per heavy atom. The van der Waals surface area contributed by atoms with Crippen molar-refractivity contribution in [3.63, 3.8) is 0 Å². The smallest absolute Gasteiger partial charge is 0.119 e. The van der Waals surface area contributed by atoms with Crippen LogP contribution >= 0.6 is 0 Å². The maximum absolute atomic E-state index is 8.79. The van der Waals surface area contributed by atoms with Gasteiger partial charge in [0.05, 0.1) is 19.8 Å². The Morgan fingerprint density at radius 1 is 1.18 bits per heavy atom. The van der Waals surface area contributed by atoms with Crippen LogP contribution in [0.15, 0.2) is 24.3 Å². The van der Waals surface area contributed by atoms with Crippen molar-refractivity contribution in [1.29, 1.82) is 0 Å².